The lowest BCUT2D eigenvalue weighted by molar-refractivity contribution is -0.136. The summed E-state index contributed by atoms with van der Waals surface area (Å²) in [5.74, 6) is 0.523. The lowest BCUT2D eigenvalue weighted by Crippen LogP contribution is -2.24. The molecule has 1 heterocycles. The fourth-order valence-electron chi connectivity index (χ4n) is 1.14. The third kappa shape index (κ3) is 1.88. The number of carbonyl (C=O) groups is 1. The van der Waals surface area contributed by atoms with Crippen molar-refractivity contribution in [3.8, 4) is 0 Å². The fraction of sp³-hybridized carbons (Fsp3) is 0.833. The highest BCUT2D eigenvalue weighted by Gasteiger charge is 2.37. The van der Waals surface area contributed by atoms with E-state index in [1.807, 2.05) is 6.26 Å². The number of hydrogen-bond donors (Lipinski definition) is 1. The van der Waals surface area contributed by atoms with Gasteiger partial charge < -0.3 is 10.6 Å². The quantitative estimate of drug-likeness (QED) is 0.567. The molecule has 0 saturated carbocycles. The van der Waals surface area contributed by atoms with Gasteiger partial charge in [-0.25, -0.2) is 4.79 Å². The molecule has 0 aliphatic carbocycles. The molecular weight excluding hydrogens is 152 g/mol. The van der Waals surface area contributed by atoms with Crippen LogP contribution in [0.2, 0.25) is 0 Å². The molecule has 4 heteroatoms. The molecule has 1 rings (SSSR count). The summed E-state index contributed by atoms with van der Waals surface area (Å²) in [6.07, 6.45) is 4.05. The van der Waals surface area contributed by atoms with E-state index in [0.717, 1.165) is 18.6 Å². The van der Waals surface area contributed by atoms with E-state index in [9.17, 15) is 4.79 Å². The Kier molecular flexibility index (Phi) is 3.75. The predicted octanol–water partition coefficient (Wildman–Crippen LogP) is 0.305. The zero-order chi connectivity index (χ0) is 6.85. The Bertz CT molecular complexity index is 126. The summed E-state index contributed by atoms with van der Waals surface area (Å²) in [6, 6.07) is 0. The molecule has 0 aromatic heterocycles. The molecule has 0 bridgehead atoms. The Labute approximate surface area is 63.1 Å². The van der Waals surface area contributed by atoms with Crippen LogP contribution in [0, 0.1) is 0 Å². The monoisotopic (exact) mass is 164 g/mol. The molecule has 10 heavy (non-hydrogen) atoms. The Morgan fingerprint density at radius 2 is 2.30 bits per heavy atom. The molecule has 2 atom stereocenters. The molecular formula is C6H12O3S. The van der Waals surface area contributed by atoms with Crippen molar-refractivity contribution in [3.63, 3.8) is 0 Å². The van der Waals surface area contributed by atoms with Gasteiger partial charge in [0.1, 0.15) is 5.75 Å². The second kappa shape index (κ2) is 3.83. The molecule has 0 radical (unpaired) electrons. The predicted molar refractivity (Wildman–Crippen MR) is 40.7 cm³/mol. The zero-order valence-electron chi connectivity index (χ0n) is 5.91. The molecule has 1 fully saturated rings. The molecule has 1 aliphatic heterocycles. The van der Waals surface area contributed by atoms with Crippen molar-refractivity contribution in [2.24, 2.45) is 0 Å². The maximum Gasteiger partial charge on any atom is 0.356 e. The highest BCUT2D eigenvalue weighted by molar-refractivity contribution is 7.97. The van der Waals surface area contributed by atoms with Crippen LogP contribution in [0.15, 0.2) is 0 Å². The third-order valence-electron chi connectivity index (χ3n) is 1.69. The zero-order valence-corrected chi connectivity index (χ0v) is 6.73. The number of hydrogen-bond acceptors (Lipinski definition) is 2. The van der Waals surface area contributed by atoms with Crippen LogP contribution in [0.5, 0.6) is 0 Å². The topological polar surface area (TPSA) is 67.3 Å². The second-order valence-corrected chi connectivity index (χ2v) is 4.72. The minimum atomic E-state index is -0.599. The van der Waals surface area contributed by atoms with E-state index in [-0.39, 0.29) is 21.6 Å². The van der Waals surface area contributed by atoms with Gasteiger partial charge in [0.15, 0.2) is 0 Å². The highest BCUT2D eigenvalue weighted by atomic mass is 32.2. The molecule has 60 valence electrons. The Balaban J connectivity index is 0.000000810. The Morgan fingerprint density at radius 3 is 2.50 bits per heavy atom. The smallest absolute Gasteiger partial charge is 0.356 e. The van der Waals surface area contributed by atoms with E-state index >= 15 is 0 Å². The van der Waals surface area contributed by atoms with Crippen LogP contribution in [0.1, 0.15) is 12.8 Å². The van der Waals surface area contributed by atoms with E-state index in [4.69, 9.17) is 5.11 Å². The van der Waals surface area contributed by atoms with Crippen molar-refractivity contribution in [3.05, 3.63) is 0 Å². The van der Waals surface area contributed by atoms with Crippen LogP contribution in [-0.4, -0.2) is 33.8 Å². The highest BCUT2D eigenvalue weighted by Crippen LogP contribution is 2.19. The van der Waals surface area contributed by atoms with Gasteiger partial charge in [-0.1, -0.05) is 0 Å². The first-order chi connectivity index (χ1) is 4.22. The van der Waals surface area contributed by atoms with Gasteiger partial charge in [0.2, 0.25) is 5.25 Å². The molecule has 1 aliphatic rings. The summed E-state index contributed by atoms with van der Waals surface area (Å²) in [6.45, 7) is 0. The second-order valence-electron chi connectivity index (χ2n) is 2.36. The minimum Gasteiger partial charge on any atom is -0.870 e. The van der Waals surface area contributed by atoms with Crippen LogP contribution < -0.4 is 0 Å². The first-order valence-electron chi connectivity index (χ1n) is 3.06. The fourth-order valence-corrected chi connectivity index (χ4v) is 2.96. The molecule has 3 nitrogen and oxygen atoms in total. The van der Waals surface area contributed by atoms with Gasteiger partial charge in [-0.05, 0) is 17.3 Å². The molecule has 0 aromatic rings. The van der Waals surface area contributed by atoms with E-state index in [2.05, 4.69) is 0 Å². The van der Waals surface area contributed by atoms with Crippen LogP contribution in [0.25, 0.3) is 0 Å². The molecule has 0 spiro atoms. The maximum absolute atomic E-state index is 10.4. The van der Waals surface area contributed by atoms with Crippen molar-refractivity contribution in [1.82, 2.24) is 0 Å². The number of aliphatic carboxylic acids is 1. The van der Waals surface area contributed by atoms with Crippen molar-refractivity contribution in [2.45, 2.75) is 18.1 Å². The van der Waals surface area contributed by atoms with Gasteiger partial charge >= 0.3 is 5.97 Å². The van der Waals surface area contributed by atoms with Crippen molar-refractivity contribution >= 4 is 16.9 Å². The van der Waals surface area contributed by atoms with E-state index in [0.29, 0.717) is 0 Å². The summed E-state index contributed by atoms with van der Waals surface area (Å²) in [7, 11) is 0.160. The summed E-state index contributed by atoms with van der Waals surface area (Å²) < 4.78 is 0. The normalized spacial score (nSPS) is 31.3. The number of carboxylic acids is 1. The van der Waals surface area contributed by atoms with Gasteiger partial charge in [0.25, 0.3) is 0 Å². The first kappa shape index (κ1) is 9.78. The van der Waals surface area contributed by atoms with Crippen LogP contribution in [0.3, 0.4) is 0 Å². The summed E-state index contributed by atoms with van der Waals surface area (Å²) in [5, 5.41) is 8.57. The van der Waals surface area contributed by atoms with Gasteiger partial charge in [0.05, 0.1) is 6.26 Å². The molecule has 2 N–H and O–H groups in total. The van der Waals surface area contributed by atoms with Crippen LogP contribution >= 0.6 is 0 Å². The Morgan fingerprint density at radius 1 is 1.70 bits per heavy atom. The molecule has 0 amide bonds. The minimum absolute atomic E-state index is 0. The van der Waals surface area contributed by atoms with Crippen LogP contribution in [0.4, 0.5) is 0 Å². The summed E-state index contributed by atoms with van der Waals surface area (Å²) in [5.41, 5.74) is 0. The van der Waals surface area contributed by atoms with E-state index in [1.54, 1.807) is 0 Å². The summed E-state index contributed by atoms with van der Waals surface area (Å²) in [4.78, 5) is 10.4. The van der Waals surface area contributed by atoms with Crippen molar-refractivity contribution in [2.75, 3.05) is 12.0 Å². The Hall–Kier alpha value is -0.220. The van der Waals surface area contributed by atoms with Crippen molar-refractivity contribution < 1.29 is 15.4 Å². The van der Waals surface area contributed by atoms with Crippen molar-refractivity contribution in [1.29, 1.82) is 0 Å². The SMILES string of the molecule is C[S+]1CCCC1C(=O)O.[OH-]. The lowest BCUT2D eigenvalue weighted by atomic mass is 10.3. The number of carboxylic acid groups (broad SMARTS) is 1. The van der Waals surface area contributed by atoms with Gasteiger partial charge in [-0.15, -0.1) is 0 Å². The lowest BCUT2D eigenvalue weighted by Gasteiger charge is -1.98. The first-order valence-corrected chi connectivity index (χ1v) is 4.92. The molecule has 1 saturated heterocycles. The maximum atomic E-state index is 10.4. The average Bonchev–Trinajstić information content (AvgIpc) is 2.13. The van der Waals surface area contributed by atoms with E-state index < -0.39 is 5.97 Å². The standard InChI is InChI=1S/C6H10O2S.H2O/c1-9-4-2-3-5(9)6(7)8;/h5H,2-4H2,1H3;1H2. The molecule has 0 aromatic carbocycles. The van der Waals surface area contributed by atoms with Crippen LogP contribution in [-0.2, 0) is 15.7 Å². The van der Waals surface area contributed by atoms with Gasteiger partial charge in [0, 0.05) is 6.42 Å². The summed E-state index contributed by atoms with van der Waals surface area (Å²) >= 11 is 0. The third-order valence-corrected chi connectivity index (χ3v) is 4.04. The van der Waals surface area contributed by atoms with Gasteiger partial charge in [-0.3, -0.25) is 0 Å². The largest absolute Gasteiger partial charge is 0.870 e. The van der Waals surface area contributed by atoms with Gasteiger partial charge in [-0.2, -0.15) is 0 Å². The molecule has 2 unspecified atom stereocenters. The average molecular weight is 164 g/mol. The number of rotatable bonds is 1. The van der Waals surface area contributed by atoms with E-state index in [1.165, 1.54) is 0 Å².